The maximum absolute atomic E-state index is 11.0. The Labute approximate surface area is 102 Å². The third kappa shape index (κ3) is 3.90. The molecule has 0 aliphatic heterocycles. The largest absolute Gasteiger partial charge is 0.449 e. The lowest BCUT2D eigenvalue weighted by atomic mass is 10.0. The SMILES string of the molecule is CCOC(=O)N/N=C\c1cc(C)c(C)cc1C. The van der Waals surface area contributed by atoms with Crippen molar-refractivity contribution in [2.24, 2.45) is 5.10 Å². The minimum atomic E-state index is -0.537. The van der Waals surface area contributed by atoms with Crippen LogP contribution < -0.4 is 5.43 Å². The van der Waals surface area contributed by atoms with Gasteiger partial charge in [0.1, 0.15) is 0 Å². The minimum Gasteiger partial charge on any atom is -0.449 e. The number of hydrogen-bond donors (Lipinski definition) is 1. The Kier molecular flexibility index (Phi) is 4.69. The van der Waals surface area contributed by atoms with Crippen molar-refractivity contribution in [1.29, 1.82) is 0 Å². The van der Waals surface area contributed by atoms with Crippen molar-refractivity contribution in [2.75, 3.05) is 6.61 Å². The molecule has 1 rings (SSSR count). The van der Waals surface area contributed by atoms with Gasteiger partial charge in [0.25, 0.3) is 0 Å². The number of aryl methyl sites for hydroxylation is 3. The fourth-order valence-corrected chi connectivity index (χ4v) is 1.44. The van der Waals surface area contributed by atoms with E-state index in [9.17, 15) is 4.79 Å². The van der Waals surface area contributed by atoms with Gasteiger partial charge in [-0.05, 0) is 56.0 Å². The van der Waals surface area contributed by atoms with Gasteiger partial charge in [-0.25, -0.2) is 10.2 Å². The zero-order chi connectivity index (χ0) is 12.8. The molecule has 1 N–H and O–H groups in total. The molecular formula is C13H18N2O2. The molecule has 4 nitrogen and oxygen atoms in total. The maximum atomic E-state index is 11.0. The van der Waals surface area contributed by atoms with Gasteiger partial charge in [-0.2, -0.15) is 5.10 Å². The molecule has 0 aliphatic rings. The smallest absolute Gasteiger partial charge is 0.427 e. The molecule has 1 aromatic rings. The van der Waals surface area contributed by atoms with Crippen LogP contribution in [-0.2, 0) is 4.74 Å². The molecule has 0 radical (unpaired) electrons. The Morgan fingerprint density at radius 1 is 1.29 bits per heavy atom. The quantitative estimate of drug-likeness (QED) is 0.645. The van der Waals surface area contributed by atoms with Gasteiger partial charge in [0.2, 0.25) is 0 Å². The van der Waals surface area contributed by atoms with E-state index < -0.39 is 6.09 Å². The first-order valence-corrected chi connectivity index (χ1v) is 5.58. The van der Waals surface area contributed by atoms with E-state index in [0.717, 1.165) is 11.1 Å². The second kappa shape index (κ2) is 6.03. The Bertz CT molecular complexity index is 439. The lowest BCUT2D eigenvalue weighted by Crippen LogP contribution is -2.18. The van der Waals surface area contributed by atoms with Gasteiger partial charge >= 0.3 is 6.09 Å². The highest BCUT2D eigenvalue weighted by Gasteiger charge is 2.00. The summed E-state index contributed by atoms with van der Waals surface area (Å²) in [6, 6.07) is 4.14. The van der Waals surface area contributed by atoms with Crippen LogP contribution in [0.4, 0.5) is 4.79 Å². The molecule has 0 unspecified atom stereocenters. The summed E-state index contributed by atoms with van der Waals surface area (Å²) in [4.78, 5) is 11.0. The predicted molar refractivity (Wildman–Crippen MR) is 68.4 cm³/mol. The topological polar surface area (TPSA) is 50.7 Å². The van der Waals surface area contributed by atoms with Crippen molar-refractivity contribution < 1.29 is 9.53 Å². The molecule has 0 aromatic heterocycles. The second-order valence-electron chi connectivity index (χ2n) is 3.88. The van der Waals surface area contributed by atoms with Crippen LogP contribution in [0.5, 0.6) is 0 Å². The lowest BCUT2D eigenvalue weighted by Gasteiger charge is -2.05. The van der Waals surface area contributed by atoms with E-state index in [4.69, 9.17) is 0 Å². The predicted octanol–water partition coefficient (Wildman–Crippen LogP) is 2.69. The molecule has 0 spiro atoms. The van der Waals surface area contributed by atoms with E-state index in [-0.39, 0.29) is 0 Å². The van der Waals surface area contributed by atoms with Crippen LogP contribution in [0.2, 0.25) is 0 Å². The third-order valence-corrected chi connectivity index (χ3v) is 2.52. The molecule has 92 valence electrons. The van der Waals surface area contributed by atoms with Crippen molar-refractivity contribution in [1.82, 2.24) is 5.43 Å². The minimum absolute atomic E-state index is 0.337. The van der Waals surface area contributed by atoms with Crippen molar-refractivity contribution >= 4 is 12.3 Å². The van der Waals surface area contributed by atoms with Crippen molar-refractivity contribution in [2.45, 2.75) is 27.7 Å². The summed E-state index contributed by atoms with van der Waals surface area (Å²) in [5.41, 5.74) is 6.87. The maximum Gasteiger partial charge on any atom is 0.427 e. The van der Waals surface area contributed by atoms with Crippen molar-refractivity contribution in [3.63, 3.8) is 0 Å². The summed E-state index contributed by atoms with van der Waals surface area (Å²) in [7, 11) is 0. The van der Waals surface area contributed by atoms with Crippen molar-refractivity contribution in [3.05, 3.63) is 34.4 Å². The standard InChI is InChI=1S/C13H18N2O2/c1-5-17-13(16)15-14-8-12-7-10(3)9(2)6-11(12)4/h6-8H,5H2,1-4H3,(H,15,16)/b14-8-. The first-order chi connectivity index (χ1) is 8.04. The fourth-order valence-electron chi connectivity index (χ4n) is 1.44. The van der Waals surface area contributed by atoms with Crippen LogP contribution in [0.1, 0.15) is 29.2 Å². The molecule has 0 saturated heterocycles. The molecule has 0 saturated carbocycles. The Morgan fingerprint density at radius 3 is 2.59 bits per heavy atom. The Balaban J connectivity index is 2.71. The number of ether oxygens (including phenoxy) is 1. The summed E-state index contributed by atoms with van der Waals surface area (Å²) in [6.07, 6.45) is 1.09. The van der Waals surface area contributed by atoms with Crippen molar-refractivity contribution in [3.8, 4) is 0 Å². The number of nitrogens with one attached hydrogen (secondary N) is 1. The number of hydrazone groups is 1. The number of benzene rings is 1. The van der Waals surface area contributed by atoms with Crippen LogP contribution in [0.3, 0.4) is 0 Å². The summed E-state index contributed by atoms with van der Waals surface area (Å²) < 4.78 is 4.69. The van der Waals surface area contributed by atoms with E-state index in [2.05, 4.69) is 28.3 Å². The molecule has 0 aliphatic carbocycles. The van der Waals surface area contributed by atoms with Gasteiger partial charge in [0.15, 0.2) is 0 Å². The zero-order valence-electron chi connectivity index (χ0n) is 10.7. The number of carbonyl (C=O) groups is 1. The highest BCUT2D eigenvalue weighted by molar-refractivity contribution is 5.83. The van der Waals surface area contributed by atoms with Crippen LogP contribution >= 0.6 is 0 Å². The summed E-state index contributed by atoms with van der Waals surface area (Å²) in [5.74, 6) is 0. The van der Waals surface area contributed by atoms with Gasteiger partial charge in [-0.15, -0.1) is 0 Å². The number of amides is 1. The molecule has 0 bridgehead atoms. The van der Waals surface area contributed by atoms with Gasteiger partial charge in [-0.1, -0.05) is 6.07 Å². The van der Waals surface area contributed by atoms with Gasteiger partial charge < -0.3 is 4.74 Å². The lowest BCUT2D eigenvalue weighted by molar-refractivity contribution is 0.152. The Hall–Kier alpha value is -1.84. The van der Waals surface area contributed by atoms with E-state index in [0.29, 0.717) is 6.61 Å². The van der Waals surface area contributed by atoms with Crippen LogP contribution in [-0.4, -0.2) is 18.9 Å². The number of hydrogen-bond acceptors (Lipinski definition) is 3. The molecule has 0 atom stereocenters. The van der Waals surface area contributed by atoms with E-state index in [1.807, 2.05) is 19.9 Å². The average Bonchev–Trinajstić information content (AvgIpc) is 2.26. The van der Waals surface area contributed by atoms with Crippen LogP contribution in [0.25, 0.3) is 0 Å². The monoisotopic (exact) mass is 234 g/mol. The first-order valence-electron chi connectivity index (χ1n) is 5.58. The highest BCUT2D eigenvalue weighted by atomic mass is 16.5. The summed E-state index contributed by atoms with van der Waals surface area (Å²) in [6.45, 7) is 8.21. The van der Waals surface area contributed by atoms with Gasteiger partial charge in [-0.3, -0.25) is 0 Å². The molecule has 0 heterocycles. The van der Waals surface area contributed by atoms with E-state index >= 15 is 0 Å². The molecule has 17 heavy (non-hydrogen) atoms. The molecule has 1 aromatic carbocycles. The van der Waals surface area contributed by atoms with Gasteiger partial charge in [0, 0.05) is 0 Å². The number of carbonyl (C=O) groups excluding carboxylic acids is 1. The highest BCUT2D eigenvalue weighted by Crippen LogP contribution is 2.13. The van der Waals surface area contributed by atoms with Crippen LogP contribution in [0, 0.1) is 20.8 Å². The number of rotatable bonds is 3. The van der Waals surface area contributed by atoms with Crippen LogP contribution in [0.15, 0.2) is 17.2 Å². The van der Waals surface area contributed by atoms with E-state index in [1.165, 1.54) is 11.1 Å². The Morgan fingerprint density at radius 2 is 1.94 bits per heavy atom. The molecule has 1 amide bonds. The second-order valence-corrected chi connectivity index (χ2v) is 3.88. The normalized spacial score (nSPS) is 10.6. The molecule has 0 fully saturated rings. The number of nitrogens with zero attached hydrogens (tertiary/aromatic N) is 1. The molecular weight excluding hydrogens is 216 g/mol. The first kappa shape index (κ1) is 13.2. The third-order valence-electron chi connectivity index (χ3n) is 2.52. The summed E-state index contributed by atoms with van der Waals surface area (Å²) in [5, 5.41) is 3.84. The fraction of sp³-hybridized carbons (Fsp3) is 0.385. The van der Waals surface area contributed by atoms with Gasteiger partial charge in [0.05, 0.1) is 12.8 Å². The van der Waals surface area contributed by atoms with E-state index in [1.54, 1.807) is 13.1 Å². The molecule has 4 heteroatoms. The summed E-state index contributed by atoms with van der Waals surface area (Å²) >= 11 is 0. The average molecular weight is 234 g/mol. The zero-order valence-corrected chi connectivity index (χ0v) is 10.7.